The van der Waals surface area contributed by atoms with E-state index in [0.717, 1.165) is 40.2 Å². The molecule has 5 nitrogen and oxygen atoms in total. The van der Waals surface area contributed by atoms with E-state index in [1.165, 1.54) is 5.56 Å². The molecular weight excluding hydrogens is 302 g/mol. The van der Waals surface area contributed by atoms with Crippen LogP contribution >= 0.6 is 0 Å². The zero-order valence-corrected chi connectivity index (χ0v) is 14.2. The molecule has 0 bridgehead atoms. The maximum atomic E-state index is 5.45. The number of methoxy groups -OCH3 is 2. The van der Waals surface area contributed by atoms with Crippen LogP contribution < -0.4 is 14.8 Å². The highest BCUT2D eigenvalue weighted by Gasteiger charge is 2.09. The van der Waals surface area contributed by atoms with Crippen molar-refractivity contribution in [3.8, 4) is 11.5 Å². The molecule has 0 unspecified atom stereocenters. The number of hydrogen-bond acceptors (Lipinski definition) is 5. The number of para-hydroxylation sites is 1. The molecule has 1 N–H and O–H groups in total. The topological polar surface area (TPSA) is 56.3 Å². The maximum Gasteiger partial charge on any atom is 0.137 e. The van der Waals surface area contributed by atoms with E-state index in [2.05, 4.69) is 28.3 Å². The molecule has 0 amide bonds. The van der Waals surface area contributed by atoms with E-state index in [1.54, 1.807) is 20.5 Å². The van der Waals surface area contributed by atoms with Gasteiger partial charge in [0.05, 0.1) is 19.7 Å². The first-order valence-corrected chi connectivity index (χ1v) is 7.94. The van der Waals surface area contributed by atoms with E-state index in [0.29, 0.717) is 6.54 Å². The first-order valence-electron chi connectivity index (χ1n) is 7.94. The van der Waals surface area contributed by atoms with Gasteiger partial charge in [0, 0.05) is 23.6 Å². The second kappa shape index (κ2) is 7.17. The Morgan fingerprint density at radius 1 is 1.00 bits per heavy atom. The fraction of sp³-hybridized carbons (Fsp3) is 0.263. The molecule has 0 aliphatic heterocycles. The lowest BCUT2D eigenvalue weighted by atomic mass is 10.1. The summed E-state index contributed by atoms with van der Waals surface area (Å²) in [7, 11) is 3.30. The molecular formula is C19H21N3O2. The third kappa shape index (κ3) is 3.11. The summed E-state index contributed by atoms with van der Waals surface area (Å²) in [6.45, 7) is 2.74. The van der Waals surface area contributed by atoms with E-state index in [4.69, 9.17) is 9.47 Å². The van der Waals surface area contributed by atoms with Crippen LogP contribution in [-0.4, -0.2) is 24.2 Å². The Kier molecular flexibility index (Phi) is 4.79. The van der Waals surface area contributed by atoms with Crippen LogP contribution in [0.5, 0.6) is 11.5 Å². The molecule has 1 heterocycles. The van der Waals surface area contributed by atoms with Crippen LogP contribution in [0, 0.1) is 0 Å². The number of hydrogen-bond donors (Lipinski definition) is 1. The van der Waals surface area contributed by atoms with Gasteiger partial charge >= 0.3 is 0 Å². The SMILES string of the molecule is CCc1cccc2c(NCc3ccc(OC)cc3OC)ncnc12. The minimum Gasteiger partial charge on any atom is -0.497 e. The van der Waals surface area contributed by atoms with E-state index in [1.807, 2.05) is 30.3 Å². The predicted molar refractivity (Wildman–Crippen MR) is 95.8 cm³/mol. The van der Waals surface area contributed by atoms with Crippen molar-refractivity contribution in [1.82, 2.24) is 9.97 Å². The number of anilines is 1. The number of rotatable bonds is 6. The first kappa shape index (κ1) is 16.1. The number of nitrogens with one attached hydrogen (secondary N) is 1. The summed E-state index contributed by atoms with van der Waals surface area (Å²) in [5.41, 5.74) is 3.26. The van der Waals surface area contributed by atoms with Gasteiger partial charge in [-0.05, 0) is 30.2 Å². The van der Waals surface area contributed by atoms with Crippen molar-refractivity contribution in [2.75, 3.05) is 19.5 Å². The van der Waals surface area contributed by atoms with Crippen molar-refractivity contribution < 1.29 is 9.47 Å². The lowest BCUT2D eigenvalue weighted by Crippen LogP contribution is -2.05. The Morgan fingerprint density at radius 3 is 2.62 bits per heavy atom. The predicted octanol–water partition coefficient (Wildman–Crippen LogP) is 3.82. The summed E-state index contributed by atoms with van der Waals surface area (Å²) in [6.07, 6.45) is 2.55. The Balaban J connectivity index is 1.89. The maximum absolute atomic E-state index is 5.45. The molecule has 0 spiro atoms. The summed E-state index contributed by atoms with van der Waals surface area (Å²) >= 11 is 0. The smallest absolute Gasteiger partial charge is 0.137 e. The number of fused-ring (bicyclic) bond motifs is 1. The number of aromatic nitrogens is 2. The molecule has 1 aromatic heterocycles. The zero-order valence-electron chi connectivity index (χ0n) is 14.2. The summed E-state index contributed by atoms with van der Waals surface area (Å²) in [6, 6.07) is 12.0. The highest BCUT2D eigenvalue weighted by atomic mass is 16.5. The molecule has 0 saturated carbocycles. The van der Waals surface area contributed by atoms with Gasteiger partial charge < -0.3 is 14.8 Å². The van der Waals surface area contributed by atoms with Crippen LogP contribution in [-0.2, 0) is 13.0 Å². The summed E-state index contributed by atoms with van der Waals surface area (Å²) in [5, 5.41) is 4.43. The average molecular weight is 323 g/mol. The van der Waals surface area contributed by atoms with Crippen LogP contribution in [0.15, 0.2) is 42.7 Å². The van der Waals surface area contributed by atoms with E-state index >= 15 is 0 Å². The molecule has 0 aliphatic carbocycles. The van der Waals surface area contributed by atoms with Gasteiger partial charge in [0.25, 0.3) is 0 Å². The average Bonchev–Trinajstić information content (AvgIpc) is 2.65. The first-order chi connectivity index (χ1) is 11.8. The Labute approximate surface area is 141 Å². The third-order valence-corrected chi connectivity index (χ3v) is 4.07. The van der Waals surface area contributed by atoms with E-state index < -0.39 is 0 Å². The van der Waals surface area contributed by atoms with Gasteiger partial charge in [-0.2, -0.15) is 0 Å². The molecule has 124 valence electrons. The summed E-state index contributed by atoms with van der Waals surface area (Å²) < 4.78 is 10.7. The van der Waals surface area contributed by atoms with Gasteiger partial charge in [0.15, 0.2) is 0 Å². The van der Waals surface area contributed by atoms with Gasteiger partial charge in [-0.1, -0.05) is 19.1 Å². The molecule has 3 rings (SSSR count). The molecule has 0 aliphatic rings. The lowest BCUT2D eigenvalue weighted by molar-refractivity contribution is 0.391. The van der Waals surface area contributed by atoms with Gasteiger partial charge in [-0.25, -0.2) is 9.97 Å². The normalized spacial score (nSPS) is 10.6. The molecule has 0 saturated heterocycles. The molecule has 3 aromatic rings. The van der Waals surface area contributed by atoms with Crippen molar-refractivity contribution in [1.29, 1.82) is 0 Å². The molecule has 2 aromatic carbocycles. The monoisotopic (exact) mass is 323 g/mol. The van der Waals surface area contributed by atoms with Crippen molar-refractivity contribution in [3.63, 3.8) is 0 Å². The second-order valence-electron chi connectivity index (χ2n) is 5.42. The zero-order chi connectivity index (χ0) is 16.9. The Morgan fingerprint density at radius 2 is 1.88 bits per heavy atom. The van der Waals surface area contributed by atoms with Crippen LogP contribution in [0.3, 0.4) is 0 Å². The van der Waals surface area contributed by atoms with Gasteiger partial charge in [0.2, 0.25) is 0 Å². The summed E-state index contributed by atoms with van der Waals surface area (Å²) in [5.74, 6) is 2.39. The molecule has 0 fully saturated rings. The number of aryl methyl sites for hydroxylation is 1. The van der Waals surface area contributed by atoms with Crippen LogP contribution in [0.1, 0.15) is 18.1 Å². The van der Waals surface area contributed by atoms with Crippen molar-refractivity contribution in [2.24, 2.45) is 0 Å². The Bertz CT molecular complexity index is 849. The Hall–Kier alpha value is -2.82. The highest BCUT2D eigenvalue weighted by molar-refractivity contribution is 5.90. The molecule has 0 atom stereocenters. The van der Waals surface area contributed by atoms with Crippen molar-refractivity contribution in [3.05, 3.63) is 53.9 Å². The van der Waals surface area contributed by atoms with Crippen molar-refractivity contribution in [2.45, 2.75) is 19.9 Å². The largest absolute Gasteiger partial charge is 0.497 e. The standard InChI is InChI=1S/C19H21N3O2/c1-4-13-6-5-7-16-18(13)21-12-22-19(16)20-11-14-8-9-15(23-2)10-17(14)24-3/h5-10,12H,4,11H2,1-3H3,(H,20,21,22). The lowest BCUT2D eigenvalue weighted by Gasteiger charge is -2.13. The summed E-state index contributed by atoms with van der Waals surface area (Å²) in [4.78, 5) is 8.83. The molecule has 0 radical (unpaired) electrons. The van der Waals surface area contributed by atoms with Crippen LogP contribution in [0.25, 0.3) is 10.9 Å². The minimum absolute atomic E-state index is 0.607. The van der Waals surface area contributed by atoms with Crippen LogP contribution in [0.2, 0.25) is 0 Å². The van der Waals surface area contributed by atoms with Gasteiger partial charge in [-0.15, -0.1) is 0 Å². The highest BCUT2D eigenvalue weighted by Crippen LogP contribution is 2.27. The van der Waals surface area contributed by atoms with Gasteiger partial charge in [0.1, 0.15) is 23.6 Å². The number of ether oxygens (including phenoxy) is 2. The van der Waals surface area contributed by atoms with E-state index in [9.17, 15) is 0 Å². The molecule has 24 heavy (non-hydrogen) atoms. The fourth-order valence-electron chi connectivity index (χ4n) is 2.75. The van der Waals surface area contributed by atoms with E-state index in [-0.39, 0.29) is 0 Å². The van der Waals surface area contributed by atoms with Crippen molar-refractivity contribution >= 4 is 16.7 Å². The fourth-order valence-corrected chi connectivity index (χ4v) is 2.75. The third-order valence-electron chi connectivity index (χ3n) is 4.07. The number of nitrogens with zero attached hydrogens (tertiary/aromatic N) is 2. The molecule has 5 heteroatoms. The quantitative estimate of drug-likeness (QED) is 0.747. The number of benzene rings is 2. The second-order valence-corrected chi connectivity index (χ2v) is 5.42. The van der Waals surface area contributed by atoms with Crippen LogP contribution in [0.4, 0.5) is 5.82 Å². The van der Waals surface area contributed by atoms with Gasteiger partial charge in [-0.3, -0.25) is 0 Å². The minimum atomic E-state index is 0.607.